The van der Waals surface area contributed by atoms with Crippen LogP contribution in [0.4, 0.5) is 0 Å². The first-order valence-corrected chi connectivity index (χ1v) is 6.48. The number of nitrogens with zero attached hydrogens (tertiary/aromatic N) is 2. The van der Waals surface area contributed by atoms with E-state index in [9.17, 15) is 0 Å². The molecule has 0 aliphatic rings. The van der Waals surface area contributed by atoms with E-state index >= 15 is 0 Å². The lowest BCUT2D eigenvalue weighted by Crippen LogP contribution is -2.28. The van der Waals surface area contributed by atoms with Crippen LogP contribution in [0.15, 0.2) is 22.8 Å². The summed E-state index contributed by atoms with van der Waals surface area (Å²) in [4.78, 5) is 0. The Morgan fingerprint density at radius 2 is 2.26 bits per heavy atom. The van der Waals surface area contributed by atoms with Crippen molar-refractivity contribution in [2.24, 2.45) is 7.05 Å². The summed E-state index contributed by atoms with van der Waals surface area (Å²) >= 11 is 0. The number of hydrogen-bond donors (Lipinski definition) is 1. The molecule has 0 amide bonds. The highest BCUT2D eigenvalue weighted by molar-refractivity contribution is 5.31. The normalized spacial score (nSPS) is 12.6. The van der Waals surface area contributed by atoms with Gasteiger partial charge in [0.25, 0.3) is 0 Å². The van der Waals surface area contributed by atoms with E-state index < -0.39 is 0 Å². The van der Waals surface area contributed by atoms with Gasteiger partial charge in [0, 0.05) is 13.6 Å². The molecule has 2 aromatic rings. The summed E-state index contributed by atoms with van der Waals surface area (Å²) in [6.07, 6.45) is 1.76. The van der Waals surface area contributed by atoms with Gasteiger partial charge in [-0.05, 0) is 32.9 Å². The van der Waals surface area contributed by atoms with Gasteiger partial charge in [0.05, 0.1) is 18.5 Å². The second-order valence-corrected chi connectivity index (χ2v) is 4.76. The number of ether oxygens (including phenoxy) is 1. The first kappa shape index (κ1) is 13.7. The lowest BCUT2D eigenvalue weighted by atomic mass is 10.3. The molecule has 2 aromatic heterocycles. The van der Waals surface area contributed by atoms with Crippen LogP contribution in [0, 0.1) is 13.8 Å². The van der Waals surface area contributed by atoms with E-state index in [0.717, 1.165) is 29.4 Å². The van der Waals surface area contributed by atoms with E-state index in [0.29, 0.717) is 6.54 Å². The van der Waals surface area contributed by atoms with E-state index in [-0.39, 0.29) is 6.10 Å². The summed E-state index contributed by atoms with van der Waals surface area (Å²) in [5.74, 6) is 1.82. The quantitative estimate of drug-likeness (QED) is 0.868. The van der Waals surface area contributed by atoms with Gasteiger partial charge in [-0.15, -0.1) is 0 Å². The number of hydrogen-bond acceptors (Lipinski definition) is 4. The Balaban J connectivity index is 1.82. The van der Waals surface area contributed by atoms with Crippen LogP contribution in [-0.2, 0) is 13.6 Å². The van der Waals surface area contributed by atoms with Crippen LogP contribution in [0.2, 0.25) is 0 Å². The summed E-state index contributed by atoms with van der Waals surface area (Å²) in [6.45, 7) is 7.49. The molecular formula is C14H21N3O2. The van der Waals surface area contributed by atoms with Gasteiger partial charge in [0.1, 0.15) is 17.6 Å². The molecule has 2 rings (SSSR count). The highest BCUT2D eigenvalue weighted by atomic mass is 16.5. The number of nitrogens with one attached hydrogen (secondary N) is 1. The fourth-order valence-corrected chi connectivity index (χ4v) is 1.98. The van der Waals surface area contributed by atoms with Crippen molar-refractivity contribution in [1.82, 2.24) is 15.1 Å². The van der Waals surface area contributed by atoms with E-state index in [1.54, 1.807) is 6.26 Å². The van der Waals surface area contributed by atoms with Crippen LogP contribution < -0.4 is 10.1 Å². The van der Waals surface area contributed by atoms with Gasteiger partial charge >= 0.3 is 0 Å². The molecule has 19 heavy (non-hydrogen) atoms. The van der Waals surface area contributed by atoms with Crippen LogP contribution in [-0.4, -0.2) is 22.4 Å². The third-order valence-electron chi connectivity index (χ3n) is 3.07. The molecule has 5 heteroatoms. The average molecular weight is 263 g/mol. The summed E-state index contributed by atoms with van der Waals surface area (Å²) in [6, 6.07) is 3.84. The molecular weight excluding hydrogens is 242 g/mol. The molecule has 0 aromatic carbocycles. The van der Waals surface area contributed by atoms with Gasteiger partial charge in [-0.3, -0.25) is 4.68 Å². The summed E-state index contributed by atoms with van der Waals surface area (Å²) in [5.41, 5.74) is 1.98. The third kappa shape index (κ3) is 3.38. The van der Waals surface area contributed by atoms with Crippen molar-refractivity contribution in [3.63, 3.8) is 0 Å². The fraction of sp³-hybridized carbons (Fsp3) is 0.500. The van der Waals surface area contributed by atoms with Crippen molar-refractivity contribution in [2.75, 3.05) is 6.54 Å². The third-order valence-corrected chi connectivity index (χ3v) is 3.07. The highest BCUT2D eigenvalue weighted by Gasteiger charge is 2.13. The van der Waals surface area contributed by atoms with Crippen molar-refractivity contribution in [1.29, 1.82) is 0 Å². The first-order chi connectivity index (χ1) is 9.08. The van der Waals surface area contributed by atoms with Gasteiger partial charge in [-0.25, -0.2) is 0 Å². The molecule has 0 spiro atoms. The Hall–Kier alpha value is -1.75. The lowest BCUT2D eigenvalue weighted by Gasteiger charge is -2.15. The SMILES string of the molecule is Cc1nn(C)c(C)c1OC(C)CNCc1ccco1. The molecule has 5 nitrogen and oxygen atoms in total. The number of furan rings is 1. The van der Waals surface area contributed by atoms with Crippen molar-refractivity contribution in [2.45, 2.75) is 33.4 Å². The van der Waals surface area contributed by atoms with Crippen LogP contribution in [0.3, 0.4) is 0 Å². The molecule has 0 saturated carbocycles. The maximum Gasteiger partial charge on any atom is 0.163 e. The van der Waals surface area contributed by atoms with Crippen molar-refractivity contribution < 1.29 is 9.15 Å². The van der Waals surface area contributed by atoms with Crippen LogP contribution in [0.5, 0.6) is 5.75 Å². The maximum atomic E-state index is 5.94. The summed E-state index contributed by atoms with van der Waals surface area (Å²) in [5, 5.41) is 7.65. The Labute approximate surface area is 113 Å². The number of rotatable bonds is 6. The predicted molar refractivity (Wildman–Crippen MR) is 73.2 cm³/mol. The summed E-state index contributed by atoms with van der Waals surface area (Å²) < 4.78 is 13.0. The second kappa shape index (κ2) is 5.93. The Morgan fingerprint density at radius 1 is 1.47 bits per heavy atom. The van der Waals surface area contributed by atoms with E-state index in [1.165, 1.54) is 0 Å². The molecule has 0 fully saturated rings. The number of aromatic nitrogens is 2. The van der Waals surface area contributed by atoms with E-state index in [1.807, 2.05) is 44.6 Å². The molecule has 0 aliphatic heterocycles. The monoisotopic (exact) mass is 263 g/mol. The molecule has 1 N–H and O–H groups in total. The Morgan fingerprint density at radius 3 is 2.84 bits per heavy atom. The van der Waals surface area contributed by atoms with E-state index in [4.69, 9.17) is 9.15 Å². The smallest absolute Gasteiger partial charge is 0.163 e. The molecule has 0 aliphatic carbocycles. The minimum atomic E-state index is 0.0802. The van der Waals surface area contributed by atoms with Gasteiger partial charge in [-0.2, -0.15) is 5.10 Å². The van der Waals surface area contributed by atoms with Crippen LogP contribution in [0.25, 0.3) is 0 Å². The van der Waals surface area contributed by atoms with Gasteiger partial charge in [0.2, 0.25) is 0 Å². The zero-order valence-corrected chi connectivity index (χ0v) is 11.9. The molecule has 104 valence electrons. The number of aryl methyl sites for hydroxylation is 2. The van der Waals surface area contributed by atoms with Gasteiger partial charge in [-0.1, -0.05) is 0 Å². The zero-order valence-electron chi connectivity index (χ0n) is 11.9. The van der Waals surface area contributed by atoms with Crippen molar-refractivity contribution in [3.8, 4) is 5.75 Å². The van der Waals surface area contributed by atoms with Crippen LogP contribution in [0.1, 0.15) is 24.1 Å². The van der Waals surface area contributed by atoms with Crippen molar-refractivity contribution >= 4 is 0 Å². The van der Waals surface area contributed by atoms with Crippen LogP contribution >= 0.6 is 0 Å². The first-order valence-electron chi connectivity index (χ1n) is 6.48. The van der Waals surface area contributed by atoms with E-state index in [2.05, 4.69) is 10.4 Å². The minimum absolute atomic E-state index is 0.0802. The molecule has 0 bridgehead atoms. The largest absolute Gasteiger partial charge is 0.486 e. The lowest BCUT2D eigenvalue weighted by molar-refractivity contribution is 0.212. The molecule has 1 atom stereocenters. The maximum absolute atomic E-state index is 5.94. The average Bonchev–Trinajstić information content (AvgIpc) is 2.94. The predicted octanol–water partition coefficient (Wildman–Crippen LogP) is 2.19. The molecule has 0 radical (unpaired) electrons. The second-order valence-electron chi connectivity index (χ2n) is 4.76. The summed E-state index contributed by atoms with van der Waals surface area (Å²) in [7, 11) is 1.93. The highest BCUT2D eigenvalue weighted by Crippen LogP contribution is 2.22. The molecule has 0 saturated heterocycles. The Kier molecular flexibility index (Phi) is 4.27. The van der Waals surface area contributed by atoms with Crippen molar-refractivity contribution in [3.05, 3.63) is 35.5 Å². The zero-order chi connectivity index (χ0) is 13.8. The van der Waals surface area contributed by atoms with Gasteiger partial charge in [0.15, 0.2) is 5.75 Å². The molecule has 1 unspecified atom stereocenters. The standard InChI is InChI=1S/C14H21N3O2/c1-10(8-15-9-13-6-5-7-18-13)19-14-11(2)16-17(4)12(14)3/h5-7,10,15H,8-9H2,1-4H3. The Bertz CT molecular complexity index is 517. The fourth-order valence-electron chi connectivity index (χ4n) is 1.98. The molecule has 2 heterocycles. The van der Waals surface area contributed by atoms with Gasteiger partial charge < -0.3 is 14.5 Å². The topological polar surface area (TPSA) is 52.2 Å². The minimum Gasteiger partial charge on any atom is -0.486 e.